The van der Waals surface area contributed by atoms with Crippen molar-refractivity contribution in [2.45, 2.75) is 25.8 Å². The van der Waals surface area contributed by atoms with E-state index in [0.717, 1.165) is 5.56 Å². The summed E-state index contributed by atoms with van der Waals surface area (Å²) in [5, 5.41) is 9.06. The second-order valence-electron chi connectivity index (χ2n) is 5.54. The third-order valence-electron chi connectivity index (χ3n) is 3.86. The summed E-state index contributed by atoms with van der Waals surface area (Å²) in [6.07, 6.45) is 2.66. The third kappa shape index (κ3) is 4.89. The zero-order valence-corrected chi connectivity index (χ0v) is 13.0. The van der Waals surface area contributed by atoms with Gasteiger partial charge in [0.05, 0.1) is 0 Å². The van der Waals surface area contributed by atoms with Gasteiger partial charge in [-0.1, -0.05) is 12.1 Å². The van der Waals surface area contributed by atoms with Gasteiger partial charge >= 0.3 is 5.97 Å². The fourth-order valence-corrected chi connectivity index (χ4v) is 2.59. The molecule has 1 N–H and O–H groups in total. The molecule has 2 rings (SSSR count). The van der Waals surface area contributed by atoms with Gasteiger partial charge in [0, 0.05) is 25.3 Å². The van der Waals surface area contributed by atoms with E-state index in [1.807, 2.05) is 0 Å². The van der Waals surface area contributed by atoms with Crippen LogP contribution in [0.25, 0.3) is 5.57 Å². The number of aliphatic carboxylic acids is 1. The summed E-state index contributed by atoms with van der Waals surface area (Å²) in [5.74, 6) is -1.73. The first kappa shape index (κ1) is 17.1. The molecule has 6 heteroatoms. The highest BCUT2D eigenvalue weighted by Gasteiger charge is 2.26. The zero-order chi connectivity index (χ0) is 16.8. The van der Waals surface area contributed by atoms with Crippen molar-refractivity contribution >= 4 is 17.4 Å². The van der Waals surface area contributed by atoms with Crippen molar-refractivity contribution in [3.8, 4) is 0 Å². The number of hydrogen-bond donors (Lipinski definition) is 1. The molecule has 0 unspecified atom stereocenters. The fourth-order valence-electron chi connectivity index (χ4n) is 2.59. The Morgan fingerprint density at radius 3 is 2.48 bits per heavy atom. The van der Waals surface area contributed by atoms with Crippen LogP contribution in [0.2, 0.25) is 0 Å². The fraction of sp³-hybridized carbons (Fsp3) is 0.412. The van der Waals surface area contributed by atoms with Gasteiger partial charge in [-0.05, 0) is 43.0 Å². The van der Waals surface area contributed by atoms with Crippen molar-refractivity contribution in [3.05, 3.63) is 41.7 Å². The number of benzene rings is 1. The third-order valence-corrected chi connectivity index (χ3v) is 3.86. The Bertz CT molecular complexity index is 591. The second-order valence-corrected chi connectivity index (χ2v) is 5.54. The van der Waals surface area contributed by atoms with E-state index >= 15 is 0 Å². The van der Waals surface area contributed by atoms with Gasteiger partial charge in [-0.25, -0.2) is 4.39 Å². The monoisotopic (exact) mass is 321 g/mol. The molecule has 1 aliphatic rings. The topological polar surface area (TPSA) is 66.8 Å². The number of rotatable bonds is 5. The smallest absolute Gasteiger partial charge is 0.323 e. The van der Waals surface area contributed by atoms with E-state index < -0.39 is 5.97 Å². The Morgan fingerprint density at radius 1 is 1.30 bits per heavy atom. The van der Waals surface area contributed by atoms with Gasteiger partial charge in [-0.3, -0.25) is 9.59 Å². The van der Waals surface area contributed by atoms with Crippen LogP contribution in [0.1, 0.15) is 25.3 Å². The maximum absolute atomic E-state index is 13.0. The van der Waals surface area contributed by atoms with Crippen LogP contribution in [0.5, 0.6) is 0 Å². The summed E-state index contributed by atoms with van der Waals surface area (Å²) in [7, 11) is 0. The van der Waals surface area contributed by atoms with Crippen molar-refractivity contribution in [1.82, 2.24) is 4.90 Å². The maximum Gasteiger partial charge on any atom is 0.323 e. The molecule has 1 aromatic rings. The van der Waals surface area contributed by atoms with Gasteiger partial charge in [-0.2, -0.15) is 0 Å². The van der Waals surface area contributed by atoms with Crippen LogP contribution < -0.4 is 0 Å². The minimum absolute atomic E-state index is 0.135. The van der Waals surface area contributed by atoms with E-state index in [1.165, 1.54) is 23.1 Å². The average Bonchev–Trinajstić information content (AvgIpc) is 2.53. The first-order chi connectivity index (χ1) is 11.0. The largest absolute Gasteiger partial charge is 0.480 e. The number of carboxylic acids is 1. The Morgan fingerprint density at radius 2 is 1.91 bits per heavy atom. The molecule has 0 aromatic heterocycles. The van der Waals surface area contributed by atoms with Crippen LogP contribution in [0.15, 0.2) is 30.3 Å². The zero-order valence-electron chi connectivity index (χ0n) is 13.0. The second kappa shape index (κ2) is 7.87. The molecular weight excluding hydrogens is 301 g/mol. The number of carbonyl (C=O) groups excluding carboxylic acids is 1. The van der Waals surface area contributed by atoms with Gasteiger partial charge in [0.15, 0.2) is 0 Å². The normalized spacial score (nSPS) is 16.2. The van der Waals surface area contributed by atoms with Crippen molar-refractivity contribution in [2.24, 2.45) is 0 Å². The Balaban J connectivity index is 2.16. The van der Waals surface area contributed by atoms with Gasteiger partial charge < -0.3 is 14.7 Å². The van der Waals surface area contributed by atoms with Crippen molar-refractivity contribution < 1.29 is 23.8 Å². The summed E-state index contributed by atoms with van der Waals surface area (Å²) in [4.78, 5) is 24.9. The highest BCUT2D eigenvalue weighted by atomic mass is 19.1. The lowest BCUT2D eigenvalue weighted by Gasteiger charge is -2.32. The summed E-state index contributed by atoms with van der Waals surface area (Å²) in [6, 6.07) is 5.69. The van der Waals surface area contributed by atoms with Crippen LogP contribution >= 0.6 is 0 Å². The minimum Gasteiger partial charge on any atom is -0.480 e. The average molecular weight is 321 g/mol. The molecule has 1 heterocycles. The molecule has 124 valence electrons. The van der Waals surface area contributed by atoms with Crippen LogP contribution in [0.4, 0.5) is 4.39 Å². The summed E-state index contributed by atoms with van der Waals surface area (Å²) in [6.45, 7) is 2.45. The van der Waals surface area contributed by atoms with Crippen LogP contribution in [-0.4, -0.2) is 47.7 Å². The number of nitrogens with zero attached hydrogens (tertiary/aromatic N) is 1. The molecule has 23 heavy (non-hydrogen) atoms. The first-order valence-corrected chi connectivity index (χ1v) is 7.51. The lowest BCUT2D eigenvalue weighted by atomic mass is 10.0. The SMILES string of the molecule is C/C(=C/C(=O)N(CC(=O)O)C1CCOCC1)c1ccc(F)cc1. The van der Waals surface area contributed by atoms with Gasteiger partial charge in [0.1, 0.15) is 12.4 Å². The molecule has 1 amide bonds. The molecule has 0 spiro atoms. The number of carbonyl (C=O) groups is 2. The molecule has 5 nitrogen and oxygen atoms in total. The number of amides is 1. The van der Waals surface area contributed by atoms with Crippen LogP contribution in [-0.2, 0) is 14.3 Å². The molecule has 1 aromatic carbocycles. The number of ether oxygens (including phenoxy) is 1. The molecule has 0 saturated carbocycles. The number of allylic oxidation sites excluding steroid dienone is 1. The Hall–Kier alpha value is -2.21. The van der Waals surface area contributed by atoms with Crippen molar-refractivity contribution in [2.75, 3.05) is 19.8 Å². The Kier molecular flexibility index (Phi) is 5.87. The van der Waals surface area contributed by atoms with Crippen LogP contribution in [0.3, 0.4) is 0 Å². The summed E-state index contributed by atoms with van der Waals surface area (Å²) >= 11 is 0. The van der Waals surface area contributed by atoms with E-state index in [2.05, 4.69) is 0 Å². The summed E-state index contributed by atoms with van der Waals surface area (Å²) < 4.78 is 18.2. The highest BCUT2D eigenvalue weighted by molar-refractivity contribution is 5.96. The van der Waals surface area contributed by atoms with E-state index in [4.69, 9.17) is 9.84 Å². The predicted octanol–water partition coefficient (Wildman–Crippen LogP) is 2.32. The van der Waals surface area contributed by atoms with Crippen molar-refractivity contribution in [1.29, 1.82) is 0 Å². The quantitative estimate of drug-likeness (QED) is 0.845. The molecule has 1 saturated heterocycles. The standard InChI is InChI=1S/C17H20FNO4/c1-12(13-2-4-14(18)5-3-13)10-16(20)19(11-17(21)22)15-6-8-23-9-7-15/h2-5,10,15H,6-9,11H2,1H3,(H,21,22)/b12-10-. The predicted molar refractivity (Wildman–Crippen MR) is 83.2 cm³/mol. The van der Waals surface area contributed by atoms with E-state index in [1.54, 1.807) is 19.1 Å². The number of hydrogen-bond acceptors (Lipinski definition) is 3. The lowest BCUT2D eigenvalue weighted by Crippen LogP contribution is -2.45. The van der Waals surface area contributed by atoms with E-state index in [9.17, 15) is 14.0 Å². The molecule has 1 fully saturated rings. The number of halogens is 1. The molecular formula is C17H20FNO4. The first-order valence-electron chi connectivity index (χ1n) is 7.51. The molecule has 0 aliphatic carbocycles. The maximum atomic E-state index is 13.0. The lowest BCUT2D eigenvalue weighted by molar-refractivity contribution is -0.145. The molecule has 1 aliphatic heterocycles. The highest BCUT2D eigenvalue weighted by Crippen LogP contribution is 2.18. The Labute approximate surface area is 134 Å². The van der Waals surface area contributed by atoms with Crippen molar-refractivity contribution in [3.63, 3.8) is 0 Å². The minimum atomic E-state index is -1.04. The van der Waals surface area contributed by atoms with E-state index in [0.29, 0.717) is 31.6 Å². The molecule has 0 atom stereocenters. The molecule has 0 radical (unpaired) electrons. The van der Waals surface area contributed by atoms with Gasteiger partial charge in [0.2, 0.25) is 5.91 Å². The van der Waals surface area contributed by atoms with Gasteiger partial charge in [0.25, 0.3) is 0 Å². The summed E-state index contributed by atoms with van der Waals surface area (Å²) in [5.41, 5.74) is 1.39. The van der Waals surface area contributed by atoms with Gasteiger partial charge in [-0.15, -0.1) is 0 Å². The van der Waals surface area contributed by atoms with E-state index in [-0.39, 0.29) is 24.3 Å². The number of carboxylic acid groups (broad SMARTS) is 1. The van der Waals surface area contributed by atoms with Crippen LogP contribution in [0, 0.1) is 5.82 Å². The molecule has 0 bridgehead atoms.